The number of nitrogens with one attached hydrogen (secondary N) is 1. The van der Waals surface area contributed by atoms with Crippen molar-refractivity contribution in [2.75, 3.05) is 11.9 Å². The highest BCUT2D eigenvalue weighted by Gasteiger charge is 2.36. The highest BCUT2D eigenvalue weighted by atomic mass is 35.5. The fourth-order valence-electron chi connectivity index (χ4n) is 2.74. The van der Waals surface area contributed by atoms with Gasteiger partial charge in [-0.3, -0.25) is 9.59 Å². The van der Waals surface area contributed by atoms with E-state index < -0.39 is 29.8 Å². The molecule has 0 radical (unpaired) electrons. The maximum absolute atomic E-state index is 13.1. The summed E-state index contributed by atoms with van der Waals surface area (Å²) >= 11 is 6.20. The summed E-state index contributed by atoms with van der Waals surface area (Å²) in [5.74, 6) is -1.05. The van der Waals surface area contributed by atoms with Gasteiger partial charge in [0.15, 0.2) is 18.1 Å². The molecule has 1 aliphatic rings. The van der Waals surface area contributed by atoms with Gasteiger partial charge in [-0.25, -0.2) is 4.68 Å². The number of aromatic nitrogens is 2. The van der Waals surface area contributed by atoms with Gasteiger partial charge in [-0.15, -0.1) is 11.6 Å². The molecule has 0 spiro atoms. The third kappa shape index (κ3) is 5.10. The van der Waals surface area contributed by atoms with E-state index in [0.717, 1.165) is 4.68 Å². The second-order valence-electron chi connectivity index (χ2n) is 6.47. The predicted molar refractivity (Wildman–Crippen MR) is 105 cm³/mol. The van der Waals surface area contributed by atoms with Gasteiger partial charge in [0.1, 0.15) is 0 Å². The Morgan fingerprint density at radius 3 is 2.77 bits per heavy atom. The Bertz CT molecular complexity index is 1030. The van der Waals surface area contributed by atoms with Gasteiger partial charge in [-0.1, -0.05) is 24.3 Å². The fourth-order valence-corrected chi connectivity index (χ4v) is 3.00. The minimum absolute atomic E-state index is 0.170. The van der Waals surface area contributed by atoms with Crippen LogP contribution in [0.2, 0.25) is 0 Å². The molecule has 0 bridgehead atoms. The molecule has 1 unspecified atom stereocenters. The number of alkyl halides is 4. The first-order valence-electron chi connectivity index (χ1n) is 8.87. The number of hydrogen-bond acceptors (Lipinski definition) is 4. The smallest absolute Gasteiger partial charge is 0.435 e. The molecule has 158 valence electrons. The van der Waals surface area contributed by atoms with E-state index in [1.807, 2.05) is 0 Å². The minimum atomic E-state index is -4.69. The highest BCUT2D eigenvalue weighted by Crippen LogP contribution is 2.34. The number of benzene rings is 1. The van der Waals surface area contributed by atoms with Crippen molar-refractivity contribution in [1.29, 1.82) is 0 Å². The van der Waals surface area contributed by atoms with Crippen LogP contribution in [-0.2, 0) is 11.0 Å². The molecular weight excluding hydrogens is 423 g/mol. The summed E-state index contributed by atoms with van der Waals surface area (Å²) in [4.78, 5) is 23.6. The zero-order chi connectivity index (χ0) is 21.9. The van der Waals surface area contributed by atoms with Crippen molar-refractivity contribution in [1.82, 2.24) is 9.78 Å². The lowest BCUT2D eigenvalue weighted by Crippen LogP contribution is -2.22. The maximum Gasteiger partial charge on any atom is 0.435 e. The standard InChI is InChI=1S/C20H17ClF3N3O3/c1-12(28)13-5-4-6-14(9-13)25-18(29)11-30-19-10-17(20(22,23)24)26-27(19)16-8-3-2-7-15(16)21/h2-6,8-10,15H,7,11H2,1H3,(H,25,29). The van der Waals surface area contributed by atoms with Crippen LogP contribution in [0.3, 0.4) is 0 Å². The predicted octanol–water partition coefficient (Wildman–Crippen LogP) is 4.53. The number of allylic oxidation sites excluding steroid dienone is 4. The van der Waals surface area contributed by atoms with Crippen molar-refractivity contribution in [3.8, 4) is 5.88 Å². The van der Waals surface area contributed by atoms with Gasteiger partial charge in [0.25, 0.3) is 5.91 Å². The number of amides is 1. The van der Waals surface area contributed by atoms with Crippen LogP contribution in [-0.4, -0.2) is 33.5 Å². The molecule has 0 saturated carbocycles. The molecule has 1 atom stereocenters. The number of carbonyl (C=O) groups excluding carboxylic acids is 2. The van der Waals surface area contributed by atoms with Crippen LogP contribution in [0.15, 0.2) is 48.6 Å². The number of Topliss-reactive ketones (excluding diaryl/α,β-unsaturated/α-hetero) is 1. The Morgan fingerprint density at radius 1 is 1.33 bits per heavy atom. The Kier molecular flexibility index (Phi) is 6.31. The second-order valence-corrected chi connectivity index (χ2v) is 7.00. The number of halogens is 4. The molecule has 0 saturated heterocycles. The normalized spacial score (nSPS) is 16.2. The van der Waals surface area contributed by atoms with Crippen molar-refractivity contribution < 1.29 is 27.5 Å². The van der Waals surface area contributed by atoms with Crippen LogP contribution in [0.1, 0.15) is 29.4 Å². The number of anilines is 1. The van der Waals surface area contributed by atoms with Crippen LogP contribution in [0.25, 0.3) is 5.70 Å². The van der Waals surface area contributed by atoms with Gasteiger partial charge in [0, 0.05) is 17.3 Å². The van der Waals surface area contributed by atoms with E-state index >= 15 is 0 Å². The van der Waals surface area contributed by atoms with Crippen molar-refractivity contribution in [2.45, 2.75) is 24.9 Å². The lowest BCUT2D eigenvalue weighted by Gasteiger charge is -2.17. The number of nitrogens with zero attached hydrogens (tertiary/aromatic N) is 2. The summed E-state index contributed by atoms with van der Waals surface area (Å²) in [5.41, 5.74) is -0.0839. The molecule has 2 aromatic rings. The molecule has 0 fully saturated rings. The number of rotatable bonds is 6. The largest absolute Gasteiger partial charge is 0.467 e. The van der Waals surface area contributed by atoms with E-state index in [2.05, 4.69) is 10.4 Å². The van der Waals surface area contributed by atoms with E-state index in [9.17, 15) is 22.8 Å². The molecule has 1 aromatic heterocycles. The van der Waals surface area contributed by atoms with E-state index in [1.54, 1.807) is 30.4 Å². The Labute approximate surface area is 175 Å². The van der Waals surface area contributed by atoms with E-state index in [-0.39, 0.29) is 11.7 Å². The first-order chi connectivity index (χ1) is 14.1. The van der Waals surface area contributed by atoms with Crippen LogP contribution < -0.4 is 10.1 Å². The molecule has 0 aliphatic heterocycles. The Hall–Kier alpha value is -3.07. The summed E-state index contributed by atoms with van der Waals surface area (Å²) in [5, 5.41) is 5.50. The average molecular weight is 440 g/mol. The fraction of sp³-hybridized carbons (Fsp3) is 0.250. The molecule has 10 heteroatoms. The minimum Gasteiger partial charge on any atom is -0.467 e. The summed E-state index contributed by atoms with van der Waals surface area (Å²) < 4.78 is 45.7. The van der Waals surface area contributed by atoms with Crippen molar-refractivity contribution in [2.24, 2.45) is 0 Å². The third-order valence-corrected chi connectivity index (χ3v) is 4.58. The molecule has 30 heavy (non-hydrogen) atoms. The topological polar surface area (TPSA) is 73.2 Å². The quantitative estimate of drug-likeness (QED) is 0.530. The van der Waals surface area contributed by atoms with Gasteiger partial charge < -0.3 is 10.1 Å². The molecule has 1 amide bonds. The summed E-state index contributed by atoms with van der Waals surface area (Å²) in [6, 6.07) is 6.98. The number of ether oxygens (including phenoxy) is 1. The summed E-state index contributed by atoms with van der Waals surface area (Å²) in [6.07, 6.45) is 0.696. The van der Waals surface area contributed by atoms with E-state index in [0.29, 0.717) is 29.4 Å². The zero-order valence-electron chi connectivity index (χ0n) is 15.7. The van der Waals surface area contributed by atoms with Gasteiger partial charge in [-0.2, -0.15) is 18.3 Å². The van der Waals surface area contributed by atoms with Crippen molar-refractivity contribution in [3.05, 3.63) is 59.8 Å². The molecule has 3 rings (SSSR count). The van der Waals surface area contributed by atoms with Crippen LogP contribution in [0.5, 0.6) is 5.88 Å². The van der Waals surface area contributed by atoms with Crippen LogP contribution >= 0.6 is 11.6 Å². The second kappa shape index (κ2) is 8.74. The molecule has 1 aliphatic carbocycles. The Morgan fingerprint density at radius 2 is 2.10 bits per heavy atom. The number of carbonyl (C=O) groups is 2. The van der Waals surface area contributed by atoms with Crippen LogP contribution in [0, 0.1) is 0 Å². The summed E-state index contributed by atoms with van der Waals surface area (Å²) in [7, 11) is 0. The average Bonchev–Trinajstić information content (AvgIpc) is 3.11. The number of ketones is 1. The van der Waals surface area contributed by atoms with E-state index in [4.69, 9.17) is 16.3 Å². The molecule has 1 N–H and O–H groups in total. The lowest BCUT2D eigenvalue weighted by atomic mass is 10.1. The van der Waals surface area contributed by atoms with Crippen molar-refractivity contribution >= 4 is 34.7 Å². The SMILES string of the molecule is CC(=O)c1cccc(NC(=O)COc2cc(C(F)(F)F)nn2C2=CC=CCC2Cl)c1. The Balaban J connectivity index is 1.77. The zero-order valence-corrected chi connectivity index (χ0v) is 16.5. The van der Waals surface area contributed by atoms with Gasteiger partial charge in [0.2, 0.25) is 5.88 Å². The first-order valence-corrected chi connectivity index (χ1v) is 9.31. The highest BCUT2D eigenvalue weighted by molar-refractivity contribution is 6.25. The first kappa shape index (κ1) is 21.6. The molecule has 1 heterocycles. The van der Waals surface area contributed by atoms with Gasteiger partial charge in [0.05, 0.1) is 11.1 Å². The van der Waals surface area contributed by atoms with E-state index in [1.165, 1.54) is 19.1 Å². The molecular formula is C20H17ClF3N3O3. The van der Waals surface area contributed by atoms with Crippen LogP contribution in [0.4, 0.5) is 18.9 Å². The number of hydrogen-bond donors (Lipinski definition) is 1. The monoisotopic (exact) mass is 439 g/mol. The maximum atomic E-state index is 13.1. The third-order valence-electron chi connectivity index (χ3n) is 4.18. The lowest BCUT2D eigenvalue weighted by molar-refractivity contribution is -0.141. The van der Waals surface area contributed by atoms with Gasteiger partial charge >= 0.3 is 6.18 Å². The summed E-state index contributed by atoms with van der Waals surface area (Å²) in [6.45, 7) is 0.825. The molecule has 6 nitrogen and oxygen atoms in total. The molecule has 1 aromatic carbocycles. The van der Waals surface area contributed by atoms with Gasteiger partial charge in [-0.05, 0) is 31.6 Å². The van der Waals surface area contributed by atoms with Crippen molar-refractivity contribution in [3.63, 3.8) is 0 Å².